The van der Waals surface area contributed by atoms with Crippen LogP contribution in [0, 0.1) is 0 Å². The number of ether oxygens (including phenoxy) is 1. The smallest absolute Gasteiger partial charge is 0.437 e. The van der Waals surface area contributed by atoms with Crippen molar-refractivity contribution in [1.29, 1.82) is 0 Å². The van der Waals surface area contributed by atoms with Crippen LogP contribution in [0.1, 0.15) is 5.69 Å². The summed E-state index contributed by atoms with van der Waals surface area (Å²) in [6.07, 6.45) is -4.10. The van der Waals surface area contributed by atoms with E-state index in [2.05, 4.69) is 24.6 Å². The quantitative estimate of drug-likeness (QED) is 0.725. The van der Waals surface area contributed by atoms with Crippen LogP contribution in [0.4, 0.5) is 13.2 Å². The van der Waals surface area contributed by atoms with E-state index < -0.39 is 29.0 Å². The van der Waals surface area contributed by atoms with Crippen molar-refractivity contribution in [3.05, 3.63) is 50.7 Å². The number of aromatic nitrogens is 4. The molecule has 3 rings (SSSR count). The lowest BCUT2D eigenvalue weighted by molar-refractivity contribution is -0.142. The Kier molecular flexibility index (Phi) is 4.39. The predicted molar refractivity (Wildman–Crippen MR) is 79.7 cm³/mol. The van der Waals surface area contributed by atoms with Gasteiger partial charge < -0.3 is 14.2 Å². The topological polar surface area (TPSA) is 93.9 Å². The van der Waals surface area contributed by atoms with Gasteiger partial charge in [0.1, 0.15) is 5.75 Å². The zero-order valence-corrected chi connectivity index (χ0v) is 13.3. The summed E-state index contributed by atoms with van der Waals surface area (Å²) in [4.78, 5) is 21.1. The molecule has 7 nitrogen and oxygen atoms in total. The largest absolute Gasteiger partial charge is 0.449 e. The van der Waals surface area contributed by atoms with Gasteiger partial charge in [0.05, 0.1) is 10.0 Å². The fourth-order valence-electron chi connectivity index (χ4n) is 1.79. The van der Waals surface area contributed by atoms with E-state index in [4.69, 9.17) is 27.9 Å². The molecule has 2 aromatic heterocycles. The van der Waals surface area contributed by atoms with E-state index in [-0.39, 0.29) is 21.6 Å². The van der Waals surface area contributed by atoms with Gasteiger partial charge in [-0.15, -0.1) is 0 Å². The molecule has 1 N–H and O–H groups in total. The van der Waals surface area contributed by atoms with E-state index in [0.717, 1.165) is 12.5 Å². The lowest BCUT2D eigenvalue weighted by Crippen LogP contribution is -2.21. The van der Waals surface area contributed by atoms with Crippen LogP contribution < -0.4 is 10.3 Å². The highest BCUT2D eigenvalue weighted by molar-refractivity contribution is 6.42. The average molecular weight is 393 g/mol. The molecule has 0 spiro atoms. The molecule has 0 atom stereocenters. The number of alkyl halides is 3. The monoisotopic (exact) mass is 392 g/mol. The summed E-state index contributed by atoms with van der Waals surface area (Å²) >= 11 is 11.5. The van der Waals surface area contributed by atoms with Gasteiger partial charge in [0.15, 0.2) is 11.5 Å². The van der Waals surface area contributed by atoms with Crippen molar-refractivity contribution in [3.8, 4) is 23.1 Å². The summed E-state index contributed by atoms with van der Waals surface area (Å²) in [6, 6.07) is 3.72. The van der Waals surface area contributed by atoms with Crippen LogP contribution in [-0.2, 0) is 6.18 Å². The zero-order chi connectivity index (χ0) is 18.2. The number of benzene rings is 1. The first-order chi connectivity index (χ1) is 11.8. The number of nitrogens with zero attached hydrogens (tertiary/aromatic N) is 3. The maximum absolute atomic E-state index is 13.3. The highest BCUT2D eigenvalue weighted by atomic mass is 35.5. The molecule has 0 fully saturated rings. The maximum Gasteiger partial charge on any atom is 0.437 e. The fourth-order valence-corrected chi connectivity index (χ4v) is 2.08. The van der Waals surface area contributed by atoms with Gasteiger partial charge in [-0.3, -0.25) is 4.79 Å². The van der Waals surface area contributed by atoms with Crippen molar-refractivity contribution >= 4 is 23.2 Å². The average Bonchev–Trinajstić information content (AvgIpc) is 3.06. The molecule has 0 amide bonds. The minimum Gasteiger partial charge on any atom is -0.449 e. The van der Waals surface area contributed by atoms with Gasteiger partial charge >= 0.3 is 6.18 Å². The molecule has 0 aliphatic rings. The van der Waals surface area contributed by atoms with Crippen LogP contribution in [0.3, 0.4) is 0 Å². The summed E-state index contributed by atoms with van der Waals surface area (Å²) in [7, 11) is 0. The van der Waals surface area contributed by atoms with E-state index in [0.29, 0.717) is 0 Å². The number of H-pyrrole nitrogens is 1. The lowest BCUT2D eigenvalue weighted by atomic mass is 10.3. The highest BCUT2D eigenvalue weighted by Gasteiger charge is 2.39. The van der Waals surface area contributed by atoms with E-state index in [1.807, 2.05) is 0 Å². The number of hydrogen-bond acceptors (Lipinski definition) is 6. The standard InChI is InChI=1S/C13H5Cl2F3N4O3/c14-6-2-1-5(3-7(6)15)25-8-9(13(16,17)18)20-11(21-12(8)23)10-19-4-24-22-10/h1-4H,(H,20,21,23). The number of aromatic amines is 1. The van der Waals surface area contributed by atoms with Crippen molar-refractivity contribution in [2.75, 3.05) is 0 Å². The molecule has 2 heterocycles. The fraction of sp³-hybridized carbons (Fsp3) is 0.0769. The summed E-state index contributed by atoms with van der Waals surface area (Å²) in [5.74, 6) is -2.02. The van der Waals surface area contributed by atoms with E-state index >= 15 is 0 Å². The number of nitrogens with one attached hydrogen (secondary N) is 1. The third-order valence-electron chi connectivity index (χ3n) is 2.83. The SMILES string of the molecule is O=c1[nH]c(-c2ncon2)nc(C(F)(F)F)c1Oc1ccc(Cl)c(Cl)c1. The van der Waals surface area contributed by atoms with Crippen LogP contribution >= 0.6 is 23.2 Å². The van der Waals surface area contributed by atoms with Crippen LogP contribution in [0.2, 0.25) is 10.0 Å². The molecule has 0 radical (unpaired) electrons. The van der Waals surface area contributed by atoms with Gasteiger partial charge in [0.2, 0.25) is 18.0 Å². The van der Waals surface area contributed by atoms with Gasteiger partial charge in [0.25, 0.3) is 5.56 Å². The van der Waals surface area contributed by atoms with Gasteiger partial charge in [-0.2, -0.15) is 18.2 Å². The third kappa shape index (κ3) is 3.59. The van der Waals surface area contributed by atoms with Crippen molar-refractivity contribution in [2.45, 2.75) is 6.18 Å². The molecule has 130 valence electrons. The van der Waals surface area contributed by atoms with Crippen molar-refractivity contribution in [3.63, 3.8) is 0 Å². The summed E-state index contributed by atoms with van der Waals surface area (Å²) in [6.45, 7) is 0. The Bertz CT molecular complexity index is 974. The zero-order valence-electron chi connectivity index (χ0n) is 11.8. The van der Waals surface area contributed by atoms with Gasteiger partial charge in [0, 0.05) is 6.07 Å². The Morgan fingerprint density at radius 2 is 1.96 bits per heavy atom. The summed E-state index contributed by atoms with van der Waals surface area (Å²) in [5, 5.41) is 3.54. The highest BCUT2D eigenvalue weighted by Crippen LogP contribution is 2.36. The Morgan fingerprint density at radius 3 is 2.56 bits per heavy atom. The molecular weight excluding hydrogens is 388 g/mol. The maximum atomic E-state index is 13.3. The lowest BCUT2D eigenvalue weighted by Gasteiger charge is -2.13. The van der Waals surface area contributed by atoms with Gasteiger partial charge in [-0.1, -0.05) is 28.4 Å². The van der Waals surface area contributed by atoms with Crippen LogP contribution in [0.15, 0.2) is 33.9 Å². The normalized spacial score (nSPS) is 11.6. The minimum absolute atomic E-state index is 0.0422. The molecule has 12 heteroatoms. The number of hydrogen-bond donors (Lipinski definition) is 1. The first kappa shape index (κ1) is 17.2. The summed E-state index contributed by atoms with van der Waals surface area (Å²) in [5.41, 5.74) is -2.74. The molecule has 0 aliphatic heterocycles. The molecule has 1 aromatic carbocycles. The van der Waals surface area contributed by atoms with Crippen molar-refractivity contribution in [2.24, 2.45) is 0 Å². The molecular formula is C13H5Cl2F3N4O3. The Labute approximate surface area is 146 Å². The van der Waals surface area contributed by atoms with Crippen molar-refractivity contribution in [1.82, 2.24) is 20.1 Å². The van der Waals surface area contributed by atoms with E-state index in [1.54, 1.807) is 0 Å². The van der Waals surface area contributed by atoms with Crippen LogP contribution in [0.5, 0.6) is 11.5 Å². The van der Waals surface area contributed by atoms with Crippen LogP contribution in [-0.4, -0.2) is 20.1 Å². The van der Waals surface area contributed by atoms with Crippen molar-refractivity contribution < 1.29 is 22.4 Å². The predicted octanol–water partition coefficient (Wildman–Crippen LogP) is 3.94. The minimum atomic E-state index is -4.97. The number of halogens is 5. The molecule has 3 aromatic rings. The second kappa shape index (κ2) is 6.37. The van der Waals surface area contributed by atoms with Gasteiger partial charge in [-0.05, 0) is 12.1 Å². The molecule has 0 saturated carbocycles. The molecule has 0 unspecified atom stereocenters. The molecule has 0 aliphatic carbocycles. The molecule has 25 heavy (non-hydrogen) atoms. The molecule has 0 saturated heterocycles. The third-order valence-corrected chi connectivity index (χ3v) is 3.57. The Hall–Kier alpha value is -2.59. The van der Waals surface area contributed by atoms with E-state index in [9.17, 15) is 18.0 Å². The second-order valence-electron chi connectivity index (χ2n) is 4.52. The number of rotatable bonds is 3. The van der Waals surface area contributed by atoms with Crippen LogP contribution in [0.25, 0.3) is 11.6 Å². The van der Waals surface area contributed by atoms with E-state index in [1.165, 1.54) is 12.1 Å². The van der Waals surface area contributed by atoms with Gasteiger partial charge in [-0.25, -0.2) is 4.98 Å². The first-order valence-corrected chi connectivity index (χ1v) is 7.12. The first-order valence-electron chi connectivity index (χ1n) is 6.37. The molecule has 0 bridgehead atoms. The summed E-state index contributed by atoms with van der Waals surface area (Å²) < 4.78 is 49.3. The Morgan fingerprint density at radius 1 is 1.20 bits per heavy atom. The Balaban J connectivity index is 2.12. The second-order valence-corrected chi connectivity index (χ2v) is 5.34.